The van der Waals surface area contributed by atoms with Crippen LogP contribution in [0.3, 0.4) is 0 Å². The van der Waals surface area contributed by atoms with Crippen LogP contribution < -0.4 is 0 Å². The quantitative estimate of drug-likeness (QED) is 0.380. The van der Waals surface area contributed by atoms with E-state index in [1.807, 2.05) is 72.4 Å². The maximum absolute atomic E-state index is 13.3. The number of aryl methyl sites for hydroxylation is 1. The third-order valence-electron chi connectivity index (χ3n) is 7.20. The molecule has 1 unspecified atom stereocenters. The molecule has 0 radical (unpaired) electrons. The van der Waals surface area contributed by atoms with E-state index in [2.05, 4.69) is 22.4 Å². The Hall–Kier alpha value is -4.20. The average molecular weight is 498 g/mol. The maximum Gasteiger partial charge on any atom is 0.292 e. The second-order valence-electron chi connectivity index (χ2n) is 9.62. The van der Waals surface area contributed by atoms with E-state index in [0.717, 1.165) is 24.8 Å². The molecule has 8 heteroatoms. The summed E-state index contributed by atoms with van der Waals surface area (Å²) < 4.78 is 7.05. The summed E-state index contributed by atoms with van der Waals surface area (Å²) >= 11 is 0. The van der Waals surface area contributed by atoms with Crippen molar-refractivity contribution in [3.63, 3.8) is 0 Å². The molecular weight excluding hydrogens is 466 g/mol. The maximum atomic E-state index is 13.3. The van der Waals surface area contributed by atoms with Gasteiger partial charge in [0.2, 0.25) is 5.76 Å². The number of hydrogen-bond donors (Lipinski definition) is 0. The summed E-state index contributed by atoms with van der Waals surface area (Å²) in [6, 6.07) is 23.4. The summed E-state index contributed by atoms with van der Waals surface area (Å²) in [4.78, 5) is 30.1. The molecule has 1 aliphatic rings. The number of carbonyl (C=O) groups is 2. The van der Waals surface area contributed by atoms with Gasteiger partial charge in [-0.3, -0.25) is 14.3 Å². The lowest BCUT2D eigenvalue weighted by atomic mass is 9.84. The zero-order chi connectivity index (χ0) is 25.8. The number of carbonyl (C=O) groups excluding carboxylic acids is 2. The Kier molecular flexibility index (Phi) is 7.16. The van der Waals surface area contributed by atoms with Crippen molar-refractivity contribution < 1.29 is 14.1 Å². The number of rotatable bonds is 7. The monoisotopic (exact) mass is 497 g/mol. The summed E-state index contributed by atoms with van der Waals surface area (Å²) in [6.07, 6.45) is 4.12. The van der Waals surface area contributed by atoms with Crippen molar-refractivity contribution in [1.82, 2.24) is 24.7 Å². The fourth-order valence-electron chi connectivity index (χ4n) is 5.10. The van der Waals surface area contributed by atoms with E-state index in [1.165, 1.54) is 5.56 Å². The van der Waals surface area contributed by atoms with Crippen LogP contribution >= 0.6 is 0 Å². The smallest absolute Gasteiger partial charge is 0.292 e. The van der Waals surface area contributed by atoms with Crippen LogP contribution in [0.1, 0.15) is 39.4 Å². The van der Waals surface area contributed by atoms with Crippen LogP contribution in [-0.2, 0) is 13.5 Å². The topological polar surface area (TPSA) is 84.5 Å². The standard InChI is InChI=1S/C29H31N5O3/c1-32-16-15-24(30-32)28(35)33(2)26(19-21-9-5-3-6-10-21)23-13-17-34(18-14-23)29(36)27-20-25(31-37-27)22-11-7-4-8-12-22/h3-12,15-16,20,23,26H,13-14,17-19H2,1-2H3. The second-order valence-corrected chi connectivity index (χ2v) is 9.62. The van der Waals surface area contributed by atoms with Crippen molar-refractivity contribution in [3.8, 4) is 11.3 Å². The van der Waals surface area contributed by atoms with Crippen LogP contribution in [0.2, 0.25) is 0 Å². The molecule has 5 rings (SSSR count). The zero-order valence-electron chi connectivity index (χ0n) is 21.2. The molecule has 0 saturated carbocycles. The van der Waals surface area contributed by atoms with Crippen molar-refractivity contribution in [2.24, 2.45) is 13.0 Å². The van der Waals surface area contributed by atoms with Crippen molar-refractivity contribution in [2.45, 2.75) is 25.3 Å². The molecule has 1 aliphatic heterocycles. The van der Waals surface area contributed by atoms with Crippen molar-refractivity contribution >= 4 is 11.8 Å². The van der Waals surface area contributed by atoms with Crippen LogP contribution in [0.25, 0.3) is 11.3 Å². The van der Waals surface area contributed by atoms with Crippen LogP contribution in [0.4, 0.5) is 0 Å². The van der Waals surface area contributed by atoms with E-state index in [4.69, 9.17) is 4.52 Å². The third kappa shape index (κ3) is 5.48. The highest BCUT2D eigenvalue weighted by Gasteiger charge is 2.34. The highest BCUT2D eigenvalue weighted by atomic mass is 16.5. The molecule has 0 spiro atoms. The van der Waals surface area contributed by atoms with Crippen LogP contribution in [0.15, 0.2) is 83.5 Å². The van der Waals surface area contributed by atoms with Crippen LogP contribution in [0.5, 0.6) is 0 Å². The van der Waals surface area contributed by atoms with Gasteiger partial charge < -0.3 is 14.3 Å². The molecule has 8 nitrogen and oxygen atoms in total. The first-order valence-electron chi connectivity index (χ1n) is 12.6. The summed E-state index contributed by atoms with van der Waals surface area (Å²) in [5.41, 5.74) is 3.18. The number of likely N-dealkylation sites (tertiary alicyclic amines) is 1. The number of likely N-dealkylation sites (N-methyl/N-ethyl adjacent to an activating group) is 1. The Morgan fingerprint density at radius 2 is 1.70 bits per heavy atom. The molecule has 190 valence electrons. The molecule has 2 aromatic carbocycles. The fraction of sp³-hybridized carbons (Fsp3) is 0.310. The van der Waals surface area contributed by atoms with Crippen molar-refractivity contribution in [1.29, 1.82) is 0 Å². The first kappa shape index (κ1) is 24.5. The Balaban J connectivity index is 1.28. The van der Waals surface area contributed by atoms with Gasteiger partial charge in [-0.15, -0.1) is 0 Å². The Labute approximate surface area is 216 Å². The zero-order valence-corrected chi connectivity index (χ0v) is 21.2. The average Bonchev–Trinajstić information content (AvgIpc) is 3.61. The van der Waals surface area contributed by atoms with Gasteiger partial charge in [-0.05, 0) is 36.8 Å². The van der Waals surface area contributed by atoms with Gasteiger partial charge >= 0.3 is 0 Å². The number of amides is 2. The van der Waals surface area contributed by atoms with Gasteiger partial charge in [-0.1, -0.05) is 65.8 Å². The molecule has 0 N–H and O–H groups in total. The van der Waals surface area contributed by atoms with Gasteiger partial charge in [-0.25, -0.2) is 0 Å². The molecule has 1 saturated heterocycles. The van der Waals surface area contributed by atoms with E-state index in [-0.39, 0.29) is 29.5 Å². The summed E-state index contributed by atoms with van der Waals surface area (Å²) in [5.74, 6) is 0.262. The highest BCUT2D eigenvalue weighted by Crippen LogP contribution is 2.28. The molecule has 2 amide bonds. The van der Waals surface area contributed by atoms with E-state index in [9.17, 15) is 9.59 Å². The Bertz CT molecular complexity index is 1340. The van der Waals surface area contributed by atoms with Crippen molar-refractivity contribution in [3.05, 3.63) is 96.0 Å². The minimum atomic E-state index is -0.148. The van der Waals surface area contributed by atoms with E-state index in [0.29, 0.717) is 24.5 Å². The predicted octanol–water partition coefficient (Wildman–Crippen LogP) is 4.31. The van der Waals surface area contributed by atoms with E-state index < -0.39 is 0 Å². The number of aromatic nitrogens is 3. The van der Waals surface area contributed by atoms with Gasteiger partial charge in [0.05, 0.1) is 0 Å². The minimum Gasteiger partial charge on any atom is -0.350 e. The van der Waals surface area contributed by atoms with E-state index in [1.54, 1.807) is 23.0 Å². The van der Waals surface area contributed by atoms with Crippen LogP contribution in [0, 0.1) is 5.92 Å². The molecule has 1 fully saturated rings. The van der Waals surface area contributed by atoms with Gasteiger partial charge in [-0.2, -0.15) is 5.10 Å². The second kappa shape index (κ2) is 10.8. The summed E-state index contributed by atoms with van der Waals surface area (Å²) in [6.45, 7) is 1.20. The summed E-state index contributed by atoms with van der Waals surface area (Å²) in [7, 11) is 3.67. The molecule has 2 aromatic heterocycles. The number of piperidine rings is 1. The lowest BCUT2D eigenvalue weighted by Gasteiger charge is -2.39. The van der Waals surface area contributed by atoms with Crippen molar-refractivity contribution in [2.75, 3.05) is 20.1 Å². The van der Waals surface area contributed by atoms with Crippen LogP contribution in [-0.4, -0.2) is 62.7 Å². The first-order valence-corrected chi connectivity index (χ1v) is 12.6. The van der Waals surface area contributed by atoms with E-state index >= 15 is 0 Å². The predicted molar refractivity (Wildman–Crippen MR) is 140 cm³/mol. The summed E-state index contributed by atoms with van der Waals surface area (Å²) in [5, 5.41) is 8.41. The molecule has 37 heavy (non-hydrogen) atoms. The largest absolute Gasteiger partial charge is 0.350 e. The number of hydrogen-bond acceptors (Lipinski definition) is 5. The normalized spacial score (nSPS) is 14.9. The molecule has 4 aromatic rings. The lowest BCUT2D eigenvalue weighted by Crippen LogP contribution is -2.48. The molecule has 0 bridgehead atoms. The third-order valence-corrected chi connectivity index (χ3v) is 7.20. The minimum absolute atomic E-state index is 0.0101. The number of nitrogens with zero attached hydrogens (tertiary/aromatic N) is 5. The molecular formula is C29H31N5O3. The first-order chi connectivity index (χ1) is 18.0. The molecule has 0 aliphatic carbocycles. The molecule has 3 heterocycles. The van der Waals surface area contributed by atoms with Gasteiger partial charge in [0.1, 0.15) is 11.4 Å². The fourth-order valence-corrected chi connectivity index (χ4v) is 5.10. The highest BCUT2D eigenvalue weighted by molar-refractivity contribution is 5.93. The van der Waals surface area contributed by atoms with Gasteiger partial charge in [0, 0.05) is 51.1 Å². The Morgan fingerprint density at radius 1 is 1.03 bits per heavy atom. The van der Waals surface area contributed by atoms with Gasteiger partial charge in [0.25, 0.3) is 11.8 Å². The Morgan fingerprint density at radius 3 is 2.35 bits per heavy atom. The SMILES string of the molecule is CN(C(=O)c1ccn(C)n1)C(Cc1ccccc1)C1CCN(C(=O)c2cc(-c3ccccc3)no2)CC1. The van der Waals surface area contributed by atoms with Gasteiger partial charge in [0.15, 0.2) is 0 Å². The number of benzene rings is 2. The lowest BCUT2D eigenvalue weighted by molar-refractivity contribution is 0.0500. The molecule has 1 atom stereocenters.